The van der Waals surface area contributed by atoms with Crippen molar-refractivity contribution in [3.05, 3.63) is 77.9 Å². The Morgan fingerprint density at radius 3 is 2.50 bits per heavy atom. The van der Waals surface area contributed by atoms with E-state index in [1.165, 1.54) is 17.8 Å². The molecule has 1 aromatic carbocycles. The summed E-state index contributed by atoms with van der Waals surface area (Å²) < 4.78 is 40.6. The molecule has 4 aromatic rings. The average Bonchev–Trinajstić information content (AvgIpc) is 3.56. The fraction of sp³-hybridized carbons (Fsp3) is 0.240. The number of nitrogens with one attached hydrogen (secondary N) is 1. The highest BCUT2D eigenvalue weighted by Crippen LogP contribution is 2.42. The molecule has 3 heterocycles. The first-order valence-corrected chi connectivity index (χ1v) is 11.1. The van der Waals surface area contributed by atoms with E-state index >= 15 is 0 Å². The van der Waals surface area contributed by atoms with Gasteiger partial charge in [-0.05, 0) is 54.8 Å². The van der Waals surface area contributed by atoms with Gasteiger partial charge in [0.2, 0.25) is 11.8 Å². The Morgan fingerprint density at radius 1 is 1.11 bits per heavy atom. The number of halogens is 3. The van der Waals surface area contributed by atoms with Crippen molar-refractivity contribution < 1.29 is 22.8 Å². The summed E-state index contributed by atoms with van der Waals surface area (Å²) in [4.78, 5) is 30.1. The van der Waals surface area contributed by atoms with Crippen LogP contribution in [0.1, 0.15) is 42.6 Å². The monoisotopic (exact) mass is 496 g/mol. The zero-order valence-electron chi connectivity index (χ0n) is 19.3. The van der Waals surface area contributed by atoms with Gasteiger partial charge in [0.15, 0.2) is 11.5 Å². The lowest BCUT2D eigenvalue weighted by Gasteiger charge is -2.09. The van der Waals surface area contributed by atoms with Crippen molar-refractivity contribution in [1.82, 2.24) is 19.7 Å². The number of hydrogen-bond donors (Lipinski definition) is 2. The van der Waals surface area contributed by atoms with Crippen molar-refractivity contribution in [1.29, 1.82) is 0 Å². The first kappa shape index (κ1) is 24.8. The van der Waals surface area contributed by atoms with Crippen LogP contribution in [0.5, 0.6) is 0 Å². The molecule has 0 saturated heterocycles. The number of benzene rings is 1. The molecule has 5 rings (SSSR count). The number of amides is 2. The summed E-state index contributed by atoms with van der Waals surface area (Å²) in [6.45, 7) is 1.31. The van der Waals surface area contributed by atoms with Crippen LogP contribution in [-0.4, -0.2) is 31.6 Å². The summed E-state index contributed by atoms with van der Waals surface area (Å²) in [5.74, 6) is -0.209. The Morgan fingerprint density at radius 2 is 1.86 bits per heavy atom. The molecule has 36 heavy (non-hydrogen) atoms. The zero-order valence-corrected chi connectivity index (χ0v) is 19.3. The molecular weight excluding hydrogens is 473 g/mol. The zero-order chi connectivity index (χ0) is 25.9. The molecule has 0 atom stereocenters. The molecule has 8 nitrogen and oxygen atoms in total. The van der Waals surface area contributed by atoms with Crippen LogP contribution >= 0.6 is 0 Å². The van der Waals surface area contributed by atoms with Gasteiger partial charge in [-0.2, -0.15) is 18.3 Å². The Labute approximate surface area is 204 Å². The van der Waals surface area contributed by atoms with Crippen molar-refractivity contribution in [2.75, 3.05) is 5.32 Å². The molecule has 1 aliphatic rings. The van der Waals surface area contributed by atoms with Crippen molar-refractivity contribution in [3.63, 3.8) is 0 Å². The van der Waals surface area contributed by atoms with Crippen LogP contribution in [0.2, 0.25) is 0 Å². The molecule has 11 heteroatoms. The molecule has 0 bridgehead atoms. The molecular formula is C25H23F3N6O2. The fourth-order valence-corrected chi connectivity index (χ4v) is 3.60. The van der Waals surface area contributed by atoms with Gasteiger partial charge in [0, 0.05) is 30.1 Å². The van der Waals surface area contributed by atoms with E-state index in [9.17, 15) is 22.8 Å². The normalized spacial score (nSPS) is 13.1. The number of primary amides is 1. The Balaban J connectivity index is 0.000000709. The van der Waals surface area contributed by atoms with Crippen LogP contribution in [0.15, 0.2) is 60.9 Å². The van der Waals surface area contributed by atoms with Crippen LogP contribution in [0.3, 0.4) is 0 Å². The third kappa shape index (κ3) is 6.23. The summed E-state index contributed by atoms with van der Waals surface area (Å²) in [7, 11) is 0. The number of hydrogen-bond acceptors (Lipinski definition) is 5. The molecule has 186 valence electrons. The molecule has 1 fully saturated rings. The lowest BCUT2D eigenvalue weighted by Crippen LogP contribution is -2.15. The van der Waals surface area contributed by atoms with Crippen LogP contribution in [0.25, 0.3) is 16.7 Å². The topological polar surface area (TPSA) is 116 Å². The van der Waals surface area contributed by atoms with Gasteiger partial charge in [-0.3, -0.25) is 14.6 Å². The van der Waals surface area contributed by atoms with Gasteiger partial charge in [0.1, 0.15) is 0 Å². The second-order valence-corrected chi connectivity index (χ2v) is 8.41. The van der Waals surface area contributed by atoms with Crippen molar-refractivity contribution in [2.45, 2.75) is 38.3 Å². The molecule has 0 spiro atoms. The highest BCUT2D eigenvalue weighted by molar-refractivity contribution is 5.93. The van der Waals surface area contributed by atoms with E-state index in [1.54, 1.807) is 18.3 Å². The summed E-state index contributed by atoms with van der Waals surface area (Å²) in [6, 6.07) is 13.7. The lowest BCUT2D eigenvalue weighted by atomic mass is 10.1. The lowest BCUT2D eigenvalue weighted by molar-refractivity contribution is -0.141. The third-order valence-corrected chi connectivity index (χ3v) is 5.30. The minimum absolute atomic E-state index is 0.0666. The van der Waals surface area contributed by atoms with Crippen LogP contribution in [-0.2, 0) is 22.2 Å². The van der Waals surface area contributed by atoms with Crippen LogP contribution in [0, 0.1) is 0 Å². The number of pyridine rings is 2. The van der Waals surface area contributed by atoms with Crippen molar-refractivity contribution in [2.24, 2.45) is 5.73 Å². The number of carbonyl (C=O) groups excluding carboxylic acids is 2. The van der Waals surface area contributed by atoms with Crippen molar-refractivity contribution in [3.8, 4) is 5.82 Å². The van der Waals surface area contributed by atoms with Gasteiger partial charge in [-0.25, -0.2) is 9.67 Å². The van der Waals surface area contributed by atoms with E-state index in [-0.39, 0.29) is 30.0 Å². The smallest absolute Gasteiger partial charge is 0.370 e. The molecule has 0 unspecified atom stereocenters. The largest absolute Gasteiger partial charge is 0.435 e. The fourth-order valence-electron chi connectivity index (χ4n) is 3.60. The predicted molar refractivity (Wildman–Crippen MR) is 127 cm³/mol. The van der Waals surface area contributed by atoms with Gasteiger partial charge in [-0.1, -0.05) is 12.1 Å². The number of fused-ring (bicyclic) bond motifs is 1. The third-order valence-electron chi connectivity index (χ3n) is 5.30. The Hall–Kier alpha value is -4.28. The van der Waals surface area contributed by atoms with E-state index < -0.39 is 11.9 Å². The van der Waals surface area contributed by atoms with Gasteiger partial charge in [0.25, 0.3) is 0 Å². The number of rotatable bonds is 5. The molecule has 3 N–H and O–H groups in total. The second-order valence-electron chi connectivity index (χ2n) is 8.41. The highest BCUT2D eigenvalue weighted by Gasteiger charge is 2.38. The van der Waals surface area contributed by atoms with Crippen molar-refractivity contribution >= 4 is 28.4 Å². The van der Waals surface area contributed by atoms with E-state index in [0.717, 1.165) is 35.4 Å². The summed E-state index contributed by atoms with van der Waals surface area (Å²) >= 11 is 0. The number of aromatic nitrogens is 4. The Bertz CT molecular complexity index is 1390. The minimum Gasteiger partial charge on any atom is -0.370 e. The number of nitrogens with zero attached hydrogens (tertiary/aromatic N) is 4. The maximum absolute atomic E-state index is 13.1. The first-order valence-electron chi connectivity index (χ1n) is 11.1. The second kappa shape index (κ2) is 10.1. The van der Waals surface area contributed by atoms with Gasteiger partial charge in [0.05, 0.1) is 23.8 Å². The summed E-state index contributed by atoms with van der Waals surface area (Å²) in [5.41, 5.74) is 6.21. The number of nitrogens with two attached hydrogens (primary N) is 1. The molecule has 1 aliphatic carbocycles. The number of anilines is 1. The molecule has 1 saturated carbocycles. The van der Waals surface area contributed by atoms with E-state index in [2.05, 4.69) is 26.1 Å². The average molecular weight is 496 g/mol. The molecule has 2 amide bonds. The quantitative estimate of drug-likeness (QED) is 0.425. The van der Waals surface area contributed by atoms with E-state index in [0.29, 0.717) is 11.4 Å². The molecule has 0 aliphatic heterocycles. The van der Waals surface area contributed by atoms with E-state index in [4.69, 9.17) is 0 Å². The number of carbonyl (C=O) groups is 2. The molecule has 0 radical (unpaired) electrons. The van der Waals surface area contributed by atoms with Crippen LogP contribution < -0.4 is 11.1 Å². The van der Waals surface area contributed by atoms with E-state index in [1.807, 2.05) is 30.3 Å². The van der Waals surface area contributed by atoms with Gasteiger partial charge >= 0.3 is 6.18 Å². The Kier molecular flexibility index (Phi) is 7.00. The SMILES string of the molecule is CC(N)=O.O=C(Cc1ccc2ncccc2c1)Nc1ccc(-n2nc(C(F)(F)F)cc2C2CC2)nc1. The van der Waals surface area contributed by atoms with Crippen LogP contribution in [0.4, 0.5) is 18.9 Å². The summed E-state index contributed by atoms with van der Waals surface area (Å²) in [6.07, 6.45) is 0.466. The predicted octanol–water partition coefficient (Wildman–Crippen LogP) is 4.38. The summed E-state index contributed by atoms with van der Waals surface area (Å²) in [5, 5.41) is 7.44. The standard InChI is InChI=1S/C23H18F3N5O.C2H5NO/c24-23(25,26)20-12-19(15-4-5-15)31(30-20)21-8-6-17(13-28-21)29-22(32)11-14-3-7-18-16(10-14)2-1-9-27-18;1-2(3)4/h1-3,6-10,12-13,15H,4-5,11H2,(H,29,32);1H3,(H2,3,4). The maximum Gasteiger partial charge on any atom is 0.435 e. The number of alkyl halides is 3. The maximum atomic E-state index is 13.1. The highest BCUT2D eigenvalue weighted by atomic mass is 19.4. The molecule has 3 aromatic heterocycles. The minimum atomic E-state index is -4.51. The first-order chi connectivity index (χ1) is 17.1. The van der Waals surface area contributed by atoms with Gasteiger partial charge < -0.3 is 11.1 Å². The van der Waals surface area contributed by atoms with Gasteiger partial charge in [-0.15, -0.1) is 0 Å².